The fourth-order valence-electron chi connectivity index (χ4n) is 2.30. The fourth-order valence-corrected chi connectivity index (χ4v) is 3.20. The number of nitrogens with two attached hydrogens (primary N) is 1. The van der Waals surface area contributed by atoms with Crippen LogP contribution in [0.2, 0.25) is 0 Å². The Morgan fingerprint density at radius 2 is 1.94 bits per heavy atom. The highest BCUT2D eigenvalue weighted by molar-refractivity contribution is 7.90. The minimum absolute atomic E-state index is 0.310. The van der Waals surface area contributed by atoms with Crippen molar-refractivity contribution >= 4 is 21.8 Å². The first kappa shape index (κ1) is 10.8. The van der Waals surface area contributed by atoms with E-state index in [1.807, 2.05) is 35.2 Å². The molecule has 0 bridgehead atoms. The number of benzene rings is 1. The van der Waals surface area contributed by atoms with Gasteiger partial charge in [0.1, 0.15) is 0 Å². The summed E-state index contributed by atoms with van der Waals surface area (Å²) in [6.45, 7) is 0. The summed E-state index contributed by atoms with van der Waals surface area (Å²) in [5, 5.41) is 4.58. The summed E-state index contributed by atoms with van der Waals surface area (Å²) >= 11 is 0. The van der Waals surface area contributed by atoms with Crippen molar-refractivity contribution in [3.05, 3.63) is 35.9 Å². The minimum Gasteiger partial charge on any atom is -0.347 e. The lowest BCUT2D eigenvalue weighted by Crippen LogP contribution is -2.46. The highest BCUT2D eigenvalue weighted by Crippen LogP contribution is 2.39. The van der Waals surface area contributed by atoms with Crippen LogP contribution in [0.3, 0.4) is 0 Å². The Morgan fingerprint density at radius 1 is 1.24 bits per heavy atom. The fraction of sp³-hybridized carbons (Fsp3) is 0.333. The molecular weight excluding hydrogens is 236 g/mol. The van der Waals surface area contributed by atoms with Crippen molar-refractivity contribution in [3.63, 3.8) is 0 Å². The smallest absolute Gasteiger partial charge is 0.234 e. The third-order valence-electron chi connectivity index (χ3n) is 3.21. The van der Waals surface area contributed by atoms with Crippen molar-refractivity contribution in [2.24, 2.45) is 5.14 Å². The molecule has 4 nitrogen and oxygen atoms in total. The van der Waals surface area contributed by atoms with Gasteiger partial charge in [-0.2, -0.15) is 0 Å². The van der Waals surface area contributed by atoms with Gasteiger partial charge in [-0.05, 0) is 30.5 Å². The topological polar surface area (TPSA) is 63.4 Å². The summed E-state index contributed by atoms with van der Waals surface area (Å²) in [6.07, 6.45) is 5.58. The molecule has 0 aromatic heterocycles. The molecule has 1 aromatic carbocycles. The SMILES string of the molecule is NS(=O)(=O)C1C=Cc2ccccc2N1C1CC1. The van der Waals surface area contributed by atoms with Crippen molar-refractivity contribution in [2.75, 3.05) is 4.90 Å². The van der Waals surface area contributed by atoms with Gasteiger partial charge in [0.2, 0.25) is 10.0 Å². The van der Waals surface area contributed by atoms with Crippen molar-refractivity contribution in [3.8, 4) is 0 Å². The van der Waals surface area contributed by atoms with Gasteiger partial charge in [-0.1, -0.05) is 24.3 Å². The van der Waals surface area contributed by atoms with Crippen LogP contribution in [0, 0.1) is 0 Å². The Hall–Kier alpha value is -1.33. The van der Waals surface area contributed by atoms with Crippen LogP contribution in [-0.4, -0.2) is 19.8 Å². The zero-order valence-corrected chi connectivity index (χ0v) is 10.1. The highest BCUT2D eigenvalue weighted by Gasteiger charge is 2.39. The van der Waals surface area contributed by atoms with Crippen LogP contribution in [0.4, 0.5) is 5.69 Å². The lowest BCUT2D eigenvalue weighted by molar-refractivity contribution is 0.584. The molecule has 0 radical (unpaired) electrons. The normalized spacial score (nSPS) is 23.6. The molecule has 3 rings (SSSR count). The maximum Gasteiger partial charge on any atom is 0.234 e. The van der Waals surface area contributed by atoms with Crippen molar-refractivity contribution in [1.29, 1.82) is 0 Å². The number of hydrogen-bond acceptors (Lipinski definition) is 3. The number of nitrogens with zero attached hydrogens (tertiary/aromatic N) is 1. The summed E-state index contributed by atoms with van der Waals surface area (Å²) in [5.74, 6) is 0. The monoisotopic (exact) mass is 250 g/mol. The molecular formula is C12H14N2O2S. The van der Waals surface area contributed by atoms with E-state index in [1.165, 1.54) is 0 Å². The number of fused-ring (bicyclic) bond motifs is 1. The molecule has 0 saturated heterocycles. The van der Waals surface area contributed by atoms with Crippen LogP contribution in [0.1, 0.15) is 18.4 Å². The van der Waals surface area contributed by atoms with Crippen molar-refractivity contribution < 1.29 is 8.42 Å². The number of para-hydroxylation sites is 1. The predicted molar refractivity (Wildman–Crippen MR) is 67.9 cm³/mol. The van der Waals surface area contributed by atoms with Crippen LogP contribution >= 0.6 is 0 Å². The van der Waals surface area contributed by atoms with E-state index < -0.39 is 15.4 Å². The number of hydrogen-bond donors (Lipinski definition) is 1. The summed E-state index contributed by atoms with van der Waals surface area (Å²) in [6, 6.07) is 8.12. The van der Waals surface area contributed by atoms with Gasteiger partial charge in [0, 0.05) is 11.7 Å². The second-order valence-corrected chi connectivity index (χ2v) is 6.20. The highest BCUT2D eigenvalue weighted by atomic mass is 32.2. The summed E-state index contributed by atoms with van der Waals surface area (Å²) < 4.78 is 23.2. The van der Waals surface area contributed by atoms with Gasteiger partial charge in [0.25, 0.3) is 0 Å². The maximum absolute atomic E-state index is 11.6. The van der Waals surface area contributed by atoms with Crippen LogP contribution < -0.4 is 10.0 Å². The molecule has 2 N–H and O–H groups in total. The Kier molecular flexibility index (Phi) is 2.27. The Morgan fingerprint density at radius 3 is 2.59 bits per heavy atom. The number of sulfonamides is 1. The average molecular weight is 250 g/mol. The number of anilines is 1. The lowest BCUT2D eigenvalue weighted by atomic mass is 10.1. The Labute approximate surface area is 101 Å². The van der Waals surface area contributed by atoms with E-state index in [1.54, 1.807) is 6.08 Å². The van der Waals surface area contributed by atoms with Crippen molar-refractivity contribution in [1.82, 2.24) is 0 Å². The van der Waals surface area contributed by atoms with Gasteiger partial charge in [-0.25, -0.2) is 13.6 Å². The Bertz CT molecular complexity index is 576. The quantitative estimate of drug-likeness (QED) is 0.860. The van der Waals surface area contributed by atoms with E-state index in [2.05, 4.69) is 0 Å². The molecule has 90 valence electrons. The van der Waals surface area contributed by atoms with Crippen LogP contribution in [-0.2, 0) is 10.0 Å². The molecule has 1 aliphatic heterocycles. The van der Waals surface area contributed by atoms with E-state index in [4.69, 9.17) is 5.14 Å². The second kappa shape index (κ2) is 3.58. The summed E-state index contributed by atoms with van der Waals surface area (Å²) in [4.78, 5) is 1.94. The van der Waals surface area contributed by atoms with Crippen LogP contribution in [0.5, 0.6) is 0 Å². The standard InChI is InChI=1S/C12H14N2O2S/c13-17(15,16)12-8-5-9-3-1-2-4-11(9)14(12)10-6-7-10/h1-5,8,10,12H,6-7H2,(H2,13,15,16). The van der Waals surface area contributed by atoms with Gasteiger partial charge in [-0.3, -0.25) is 0 Å². The van der Waals surface area contributed by atoms with Crippen LogP contribution in [0.25, 0.3) is 6.08 Å². The van der Waals surface area contributed by atoms with E-state index >= 15 is 0 Å². The first-order valence-corrected chi connectivity index (χ1v) is 7.25. The third kappa shape index (κ3) is 1.85. The molecule has 2 aliphatic rings. The van der Waals surface area contributed by atoms with Gasteiger partial charge < -0.3 is 4.90 Å². The minimum atomic E-state index is -3.58. The lowest BCUT2D eigenvalue weighted by Gasteiger charge is -2.34. The summed E-state index contributed by atoms with van der Waals surface area (Å²) in [5.41, 5.74) is 2.02. The molecule has 1 heterocycles. The van der Waals surface area contributed by atoms with Gasteiger partial charge in [-0.15, -0.1) is 0 Å². The number of primary sulfonamides is 1. The molecule has 1 saturated carbocycles. The predicted octanol–water partition coefficient (Wildman–Crippen LogP) is 1.30. The first-order chi connectivity index (χ1) is 8.07. The molecule has 0 amide bonds. The van der Waals surface area contributed by atoms with E-state index in [0.717, 1.165) is 24.1 Å². The van der Waals surface area contributed by atoms with Gasteiger partial charge >= 0.3 is 0 Å². The molecule has 1 atom stereocenters. The molecule has 0 spiro atoms. The van der Waals surface area contributed by atoms with E-state index in [-0.39, 0.29) is 0 Å². The van der Waals surface area contributed by atoms with Crippen molar-refractivity contribution in [2.45, 2.75) is 24.3 Å². The molecule has 17 heavy (non-hydrogen) atoms. The third-order valence-corrected chi connectivity index (χ3v) is 4.26. The molecule has 1 aromatic rings. The molecule has 1 aliphatic carbocycles. The molecule has 1 unspecified atom stereocenters. The maximum atomic E-state index is 11.6. The van der Waals surface area contributed by atoms with E-state index in [0.29, 0.717) is 6.04 Å². The van der Waals surface area contributed by atoms with Gasteiger partial charge in [0.15, 0.2) is 5.37 Å². The average Bonchev–Trinajstić information content (AvgIpc) is 3.10. The zero-order valence-electron chi connectivity index (χ0n) is 9.28. The zero-order chi connectivity index (χ0) is 12.0. The largest absolute Gasteiger partial charge is 0.347 e. The molecule has 1 fully saturated rings. The Balaban J connectivity index is 2.12. The summed E-state index contributed by atoms with van der Waals surface area (Å²) in [7, 11) is -3.58. The van der Waals surface area contributed by atoms with E-state index in [9.17, 15) is 8.42 Å². The second-order valence-electron chi connectivity index (χ2n) is 4.54. The number of rotatable bonds is 2. The molecule has 5 heteroatoms. The van der Waals surface area contributed by atoms with Crippen LogP contribution in [0.15, 0.2) is 30.3 Å². The first-order valence-electron chi connectivity index (χ1n) is 5.64. The van der Waals surface area contributed by atoms with Gasteiger partial charge in [0.05, 0.1) is 0 Å².